The number of nitrogens with zero attached hydrogens (tertiary/aromatic N) is 1. The van der Waals surface area contributed by atoms with Gasteiger partial charge in [0, 0.05) is 12.1 Å². The number of ether oxygens (including phenoxy) is 1. The summed E-state index contributed by atoms with van der Waals surface area (Å²) < 4.78 is 29.2. The van der Waals surface area contributed by atoms with Crippen LogP contribution in [0.4, 0.5) is 8.78 Å². The number of alkyl halides is 2. The number of hydrogen-bond acceptors (Lipinski definition) is 3. The summed E-state index contributed by atoms with van der Waals surface area (Å²) in [6.07, 6.45) is 1.33. The molecule has 0 aromatic heterocycles. The third kappa shape index (κ3) is 2.90. The number of carbonyl (C=O) groups is 1. The molecule has 0 saturated carbocycles. The number of carboxylic acids is 1. The van der Waals surface area contributed by atoms with Gasteiger partial charge in [0.25, 0.3) is 0 Å². The molecule has 1 aromatic carbocycles. The maximum atomic E-state index is 12.4. The van der Waals surface area contributed by atoms with Gasteiger partial charge >= 0.3 is 12.6 Å². The quantitative estimate of drug-likeness (QED) is 0.903. The highest BCUT2D eigenvalue weighted by Gasteiger charge is 2.43. The number of halogens is 2. The summed E-state index contributed by atoms with van der Waals surface area (Å²) in [4.78, 5) is 13.2. The molecule has 0 spiro atoms. The summed E-state index contributed by atoms with van der Waals surface area (Å²) in [5, 5.41) is 9.34. The van der Waals surface area contributed by atoms with E-state index in [-0.39, 0.29) is 12.3 Å². The zero-order valence-corrected chi connectivity index (χ0v) is 11.2. The van der Waals surface area contributed by atoms with E-state index < -0.39 is 18.1 Å². The van der Waals surface area contributed by atoms with Gasteiger partial charge < -0.3 is 9.84 Å². The number of aliphatic carboxylic acids is 1. The number of hydrogen-bond donors (Lipinski definition) is 1. The lowest BCUT2D eigenvalue weighted by atomic mass is 9.99. The molecule has 1 heterocycles. The number of likely N-dealkylation sites (tertiary alicyclic amines) is 1. The van der Waals surface area contributed by atoms with Gasteiger partial charge in [-0.25, -0.2) is 0 Å². The molecule has 2 rings (SSSR count). The Balaban J connectivity index is 2.19. The summed E-state index contributed by atoms with van der Waals surface area (Å²) in [6, 6.07) is 6.48. The lowest BCUT2D eigenvalue weighted by Gasteiger charge is -2.31. The van der Waals surface area contributed by atoms with Gasteiger partial charge in [-0.2, -0.15) is 8.78 Å². The first kappa shape index (κ1) is 14.7. The second-order valence-electron chi connectivity index (χ2n) is 5.09. The molecule has 1 saturated heterocycles. The summed E-state index contributed by atoms with van der Waals surface area (Å²) in [5.41, 5.74) is -0.375. The first-order valence-electron chi connectivity index (χ1n) is 6.44. The fourth-order valence-corrected chi connectivity index (χ4v) is 2.57. The molecular formula is C14H17F2NO3. The Morgan fingerprint density at radius 1 is 1.50 bits per heavy atom. The van der Waals surface area contributed by atoms with E-state index in [4.69, 9.17) is 0 Å². The van der Waals surface area contributed by atoms with Crippen molar-refractivity contribution in [2.75, 3.05) is 6.54 Å². The molecule has 0 bridgehead atoms. The minimum Gasteiger partial charge on any atom is -0.480 e. The van der Waals surface area contributed by atoms with Crippen LogP contribution in [0, 0.1) is 0 Å². The van der Waals surface area contributed by atoms with Gasteiger partial charge in [-0.3, -0.25) is 9.69 Å². The van der Waals surface area contributed by atoms with E-state index in [2.05, 4.69) is 4.74 Å². The maximum Gasteiger partial charge on any atom is 0.387 e. The van der Waals surface area contributed by atoms with Crippen LogP contribution < -0.4 is 4.74 Å². The lowest BCUT2D eigenvalue weighted by Crippen LogP contribution is -2.47. The van der Waals surface area contributed by atoms with Crippen molar-refractivity contribution in [2.24, 2.45) is 0 Å². The Kier molecular flexibility index (Phi) is 4.23. The van der Waals surface area contributed by atoms with Crippen LogP contribution in [0.1, 0.15) is 25.3 Å². The van der Waals surface area contributed by atoms with Crippen LogP contribution in [0.5, 0.6) is 5.75 Å². The third-order valence-corrected chi connectivity index (χ3v) is 3.80. The Bertz CT molecular complexity index is 495. The van der Waals surface area contributed by atoms with E-state index in [1.54, 1.807) is 30.0 Å². The van der Waals surface area contributed by atoms with Crippen molar-refractivity contribution in [3.63, 3.8) is 0 Å². The molecule has 1 atom stereocenters. The highest BCUT2D eigenvalue weighted by Crippen LogP contribution is 2.32. The number of benzene rings is 1. The molecule has 6 heteroatoms. The van der Waals surface area contributed by atoms with E-state index in [1.165, 1.54) is 6.07 Å². The summed E-state index contributed by atoms with van der Waals surface area (Å²) in [6.45, 7) is -0.309. The SMILES string of the molecule is CC1(C(=O)O)CCCN1Cc1ccccc1OC(F)F. The van der Waals surface area contributed by atoms with Crippen molar-refractivity contribution in [3.05, 3.63) is 29.8 Å². The summed E-state index contributed by atoms with van der Waals surface area (Å²) >= 11 is 0. The van der Waals surface area contributed by atoms with Crippen LogP contribution in [-0.4, -0.2) is 34.7 Å². The van der Waals surface area contributed by atoms with Crippen molar-refractivity contribution < 1.29 is 23.4 Å². The third-order valence-electron chi connectivity index (χ3n) is 3.80. The molecule has 0 amide bonds. The smallest absolute Gasteiger partial charge is 0.387 e. The summed E-state index contributed by atoms with van der Waals surface area (Å²) in [7, 11) is 0. The number of rotatable bonds is 5. The Morgan fingerprint density at radius 3 is 2.85 bits per heavy atom. The normalized spacial score (nSPS) is 23.2. The monoisotopic (exact) mass is 285 g/mol. The first-order valence-corrected chi connectivity index (χ1v) is 6.44. The molecule has 1 N–H and O–H groups in total. The van der Waals surface area contributed by atoms with E-state index in [9.17, 15) is 18.7 Å². The van der Waals surface area contributed by atoms with Crippen molar-refractivity contribution in [2.45, 2.75) is 38.5 Å². The lowest BCUT2D eigenvalue weighted by molar-refractivity contribution is -0.149. The second-order valence-corrected chi connectivity index (χ2v) is 5.09. The molecule has 1 aromatic rings. The summed E-state index contributed by atoms with van der Waals surface area (Å²) in [5.74, 6) is -0.788. The molecule has 1 fully saturated rings. The Labute approximate surface area is 116 Å². The number of para-hydroxylation sites is 1. The molecule has 110 valence electrons. The van der Waals surface area contributed by atoms with E-state index in [0.29, 0.717) is 18.5 Å². The molecule has 0 aliphatic carbocycles. The first-order chi connectivity index (χ1) is 9.43. The van der Waals surface area contributed by atoms with Gasteiger partial charge in [-0.15, -0.1) is 0 Å². The van der Waals surface area contributed by atoms with Gasteiger partial charge in [0.1, 0.15) is 11.3 Å². The van der Waals surface area contributed by atoms with Crippen molar-refractivity contribution in [1.29, 1.82) is 0 Å². The fourth-order valence-electron chi connectivity index (χ4n) is 2.57. The van der Waals surface area contributed by atoms with E-state index in [1.807, 2.05) is 0 Å². The van der Waals surface area contributed by atoms with Gasteiger partial charge in [0.15, 0.2) is 0 Å². The zero-order valence-electron chi connectivity index (χ0n) is 11.2. The molecule has 20 heavy (non-hydrogen) atoms. The predicted molar refractivity (Wildman–Crippen MR) is 68.8 cm³/mol. The topological polar surface area (TPSA) is 49.8 Å². The van der Waals surface area contributed by atoms with Gasteiger partial charge in [0.2, 0.25) is 0 Å². The average molecular weight is 285 g/mol. The van der Waals surface area contributed by atoms with Crippen LogP contribution >= 0.6 is 0 Å². The van der Waals surface area contributed by atoms with Crippen LogP contribution in [-0.2, 0) is 11.3 Å². The highest BCUT2D eigenvalue weighted by atomic mass is 19.3. The van der Waals surface area contributed by atoms with Gasteiger partial charge in [0.05, 0.1) is 0 Å². The van der Waals surface area contributed by atoms with Crippen LogP contribution in [0.3, 0.4) is 0 Å². The van der Waals surface area contributed by atoms with Crippen molar-refractivity contribution >= 4 is 5.97 Å². The van der Waals surface area contributed by atoms with Crippen LogP contribution in [0.15, 0.2) is 24.3 Å². The van der Waals surface area contributed by atoms with E-state index >= 15 is 0 Å². The molecule has 4 nitrogen and oxygen atoms in total. The van der Waals surface area contributed by atoms with Crippen LogP contribution in [0.25, 0.3) is 0 Å². The van der Waals surface area contributed by atoms with Gasteiger partial charge in [-0.05, 0) is 32.4 Å². The molecule has 1 aliphatic rings. The average Bonchev–Trinajstić information content (AvgIpc) is 2.74. The van der Waals surface area contributed by atoms with Crippen molar-refractivity contribution in [3.8, 4) is 5.75 Å². The molecule has 0 radical (unpaired) electrons. The Morgan fingerprint density at radius 2 is 2.20 bits per heavy atom. The largest absolute Gasteiger partial charge is 0.480 e. The fraction of sp³-hybridized carbons (Fsp3) is 0.500. The maximum absolute atomic E-state index is 12.4. The van der Waals surface area contributed by atoms with Crippen molar-refractivity contribution in [1.82, 2.24) is 4.90 Å². The van der Waals surface area contributed by atoms with Crippen LogP contribution in [0.2, 0.25) is 0 Å². The highest BCUT2D eigenvalue weighted by molar-refractivity contribution is 5.78. The standard InChI is InChI=1S/C14H17F2NO3/c1-14(12(18)19)7-4-8-17(14)9-10-5-2-3-6-11(10)20-13(15)16/h2-3,5-6,13H,4,7-9H2,1H3,(H,18,19). The minimum absolute atomic E-state index is 0.0992. The molecule has 1 aliphatic heterocycles. The predicted octanol–water partition coefficient (Wildman–Crippen LogP) is 2.73. The zero-order chi connectivity index (χ0) is 14.8. The van der Waals surface area contributed by atoms with Gasteiger partial charge in [-0.1, -0.05) is 18.2 Å². The minimum atomic E-state index is -2.89. The molecular weight excluding hydrogens is 268 g/mol. The Hall–Kier alpha value is -1.69. The second kappa shape index (κ2) is 5.75. The van der Waals surface area contributed by atoms with E-state index in [0.717, 1.165) is 6.42 Å². The number of carboxylic acid groups (broad SMARTS) is 1. The molecule has 1 unspecified atom stereocenters.